The van der Waals surface area contributed by atoms with Gasteiger partial charge in [-0.05, 0) is 122 Å². The van der Waals surface area contributed by atoms with E-state index in [1.165, 1.54) is 5.69 Å². The molecular weight excluding hydrogens is 1020 g/mol. The van der Waals surface area contributed by atoms with Crippen LogP contribution in [0.25, 0.3) is 5.82 Å². The number of likely N-dealkylation sites (N-methyl/N-ethyl adjacent to an activating group) is 2. The Morgan fingerprint density at radius 2 is 1.33 bits per heavy atom. The van der Waals surface area contributed by atoms with Crippen molar-refractivity contribution >= 4 is 87.5 Å². The van der Waals surface area contributed by atoms with Crippen molar-refractivity contribution in [3.8, 4) is 0 Å². The van der Waals surface area contributed by atoms with E-state index in [-0.39, 0.29) is 19.4 Å². The zero-order valence-corrected chi connectivity index (χ0v) is 47.0. The van der Waals surface area contributed by atoms with Crippen molar-refractivity contribution in [1.29, 1.82) is 0 Å². The second-order valence-electron chi connectivity index (χ2n) is 22.3. The van der Waals surface area contributed by atoms with Crippen LogP contribution >= 0.6 is 0 Å². The minimum Gasteiger partial charge on any atom is -0.481 e. The Hall–Kier alpha value is -8.08. The lowest BCUT2D eigenvalue weighted by Crippen LogP contribution is -2.60. The summed E-state index contributed by atoms with van der Waals surface area (Å²) < 4.78 is 10.9. The van der Waals surface area contributed by atoms with Crippen molar-refractivity contribution in [3.63, 3.8) is 0 Å². The molecule has 0 radical (unpaired) electrons. The monoisotopic (exact) mass is 1090 g/mol. The highest BCUT2D eigenvalue weighted by atomic mass is 16.6. The zero-order chi connectivity index (χ0) is 57.9. The third kappa shape index (κ3) is 17.7. The van der Waals surface area contributed by atoms with Crippen LogP contribution in [0.5, 0.6) is 0 Å². The fourth-order valence-electron chi connectivity index (χ4n) is 8.79. The lowest BCUT2D eigenvalue weighted by atomic mass is 10.0. The van der Waals surface area contributed by atoms with Crippen LogP contribution in [0.2, 0.25) is 0 Å². The van der Waals surface area contributed by atoms with Gasteiger partial charge in [-0.3, -0.25) is 38.4 Å². The van der Waals surface area contributed by atoms with Crippen molar-refractivity contribution in [2.75, 3.05) is 73.8 Å². The van der Waals surface area contributed by atoms with Gasteiger partial charge in [-0.15, -0.1) is 0 Å². The van der Waals surface area contributed by atoms with Crippen molar-refractivity contribution < 1.29 is 52.9 Å². The lowest BCUT2D eigenvalue weighted by molar-refractivity contribution is -0.157. The zero-order valence-electron chi connectivity index (χ0n) is 47.0. The van der Waals surface area contributed by atoms with Gasteiger partial charge in [-0.25, -0.2) is 9.98 Å². The van der Waals surface area contributed by atoms with Gasteiger partial charge >= 0.3 is 17.9 Å². The fourth-order valence-corrected chi connectivity index (χ4v) is 8.79. The first-order valence-corrected chi connectivity index (χ1v) is 26.5. The van der Waals surface area contributed by atoms with Gasteiger partial charge in [0.1, 0.15) is 41.2 Å². The largest absolute Gasteiger partial charge is 0.481 e. The van der Waals surface area contributed by atoms with Gasteiger partial charge in [0.05, 0.1) is 35.3 Å². The average molecular weight is 1090 g/mol. The second-order valence-corrected chi connectivity index (χ2v) is 22.3. The molecule has 0 aliphatic carbocycles. The van der Waals surface area contributed by atoms with Crippen molar-refractivity contribution in [1.82, 2.24) is 31.5 Å². The normalized spacial score (nSPS) is 16.2. The van der Waals surface area contributed by atoms with Gasteiger partial charge in [0, 0.05) is 81.8 Å². The Labute approximate surface area is 460 Å². The number of aliphatic imine (C=N–C) groups is 1. The number of aliphatic carboxylic acids is 1. The number of ether oxygens (including phenoxy) is 2. The molecule has 0 saturated carbocycles. The predicted molar refractivity (Wildman–Crippen MR) is 299 cm³/mol. The number of benzene rings is 3. The number of nitrogens with zero attached hydrogens (tertiary/aromatic N) is 5. The summed E-state index contributed by atoms with van der Waals surface area (Å²) in [7, 11) is 3.99. The third-order valence-electron chi connectivity index (χ3n) is 12.9. The summed E-state index contributed by atoms with van der Waals surface area (Å²) in [5, 5.41) is 30.8. The summed E-state index contributed by atoms with van der Waals surface area (Å²) in [6.45, 7) is 18.6. The van der Waals surface area contributed by atoms with Gasteiger partial charge in [-0.2, -0.15) is 0 Å². The number of carbonyl (C=O) groups is 8. The highest BCUT2D eigenvalue weighted by Gasteiger charge is 2.35. The average Bonchev–Trinajstić information content (AvgIpc) is 4.01. The first kappa shape index (κ1) is 60.2. The molecule has 23 heteroatoms. The number of hydrogen-bond donors (Lipinski definition) is 8. The number of carboxylic acids is 1. The second kappa shape index (κ2) is 26.0. The van der Waals surface area contributed by atoms with Crippen LogP contribution in [0.15, 0.2) is 70.6 Å². The van der Waals surface area contributed by atoms with E-state index < -0.39 is 102 Å². The molecule has 0 aromatic heterocycles. The molecule has 1 saturated heterocycles. The molecule has 5 amide bonds. The molecule has 4 unspecified atom stereocenters. The molecule has 3 aromatic rings. The topological polar surface area (TPSA) is 294 Å². The third-order valence-corrected chi connectivity index (χ3v) is 12.9. The number of carboxylic acid groups (broad SMARTS) is 1. The number of esters is 2. The van der Waals surface area contributed by atoms with E-state index in [1.54, 1.807) is 55.4 Å². The van der Waals surface area contributed by atoms with Crippen molar-refractivity contribution in [2.24, 2.45) is 15.9 Å². The number of piperazine rings is 1. The van der Waals surface area contributed by atoms with Crippen LogP contribution in [-0.4, -0.2) is 152 Å². The Bertz CT molecular complexity index is 2930. The number of nitrogens with one attached hydrogen (secondary N) is 7. The predicted octanol–water partition coefficient (Wildman–Crippen LogP) is 2.25. The van der Waals surface area contributed by atoms with Gasteiger partial charge in [0.25, 0.3) is 0 Å². The Morgan fingerprint density at radius 1 is 0.709 bits per heavy atom. The van der Waals surface area contributed by atoms with Crippen LogP contribution in [0.1, 0.15) is 93.6 Å². The SMILES string of the molecule is CC(=O)NC(CC(=O)O)C(=O)NC(CCC(=O)OC(C)(C)C)C(=O)NC(C(=O)NC(CC(=O)OC(C)(C)C)C(=O)NCCN(C)c1ccc(C2=Nc3cc(=C4Nc5ccc(N6CCN(C)CC6)cc5N4)ccc3=N2)cc1)C(C)C. The maximum absolute atomic E-state index is 14.1. The number of amidine groups is 1. The van der Waals surface area contributed by atoms with E-state index in [9.17, 15) is 43.5 Å². The van der Waals surface area contributed by atoms with E-state index in [4.69, 9.17) is 19.5 Å². The number of amides is 5. The lowest BCUT2D eigenvalue weighted by Gasteiger charge is -2.34. The van der Waals surface area contributed by atoms with Crippen LogP contribution in [0.3, 0.4) is 0 Å². The Kier molecular flexibility index (Phi) is 19.8. The Morgan fingerprint density at radius 3 is 1.96 bits per heavy atom. The summed E-state index contributed by atoms with van der Waals surface area (Å²) in [4.78, 5) is 121. The van der Waals surface area contributed by atoms with E-state index >= 15 is 0 Å². The summed E-state index contributed by atoms with van der Waals surface area (Å²) in [5.74, 6) is -6.32. The number of anilines is 4. The van der Waals surface area contributed by atoms with Crippen LogP contribution < -0.4 is 57.6 Å². The van der Waals surface area contributed by atoms with Crippen molar-refractivity contribution in [2.45, 2.75) is 123 Å². The van der Waals surface area contributed by atoms with Crippen LogP contribution in [0.4, 0.5) is 28.4 Å². The summed E-state index contributed by atoms with van der Waals surface area (Å²) in [6.07, 6.45) is -2.09. The van der Waals surface area contributed by atoms with Crippen LogP contribution in [-0.2, 0) is 47.8 Å². The number of fused-ring (bicyclic) bond motifs is 2. The van der Waals surface area contributed by atoms with E-state index in [0.717, 1.165) is 77.8 Å². The highest BCUT2D eigenvalue weighted by Crippen LogP contribution is 2.35. The molecule has 3 heterocycles. The minimum absolute atomic E-state index is 0.0907. The molecule has 79 heavy (non-hydrogen) atoms. The number of hydrogen-bond acceptors (Lipinski definition) is 17. The van der Waals surface area contributed by atoms with Gasteiger partial charge in [0.15, 0.2) is 5.84 Å². The highest BCUT2D eigenvalue weighted by molar-refractivity contribution is 6.03. The molecule has 4 atom stereocenters. The molecule has 426 valence electrons. The quantitative estimate of drug-likeness (QED) is 0.0670. The first-order valence-electron chi connectivity index (χ1n) is 26.5. The molecule has 3 aliphatic rings. The molecular formula is C56H76N12O11. The number of carbonyl (C=O) groups excluding carboxylic acids is 7. The summed E-state index contributed by atoms with van der Waals surface area (Å²) in [5.41, 5.74) is 3.80. The number of rotatable bonds is 22. The standard InChI is InChI=1S/C56H76N12O11/c1-32(2)48(65-52(75)40(20-21-46(72)78-55(4,5)6)63-53(76)43(30-45(70)71)58-33(3)69)54(77)64-44(31-47(73)79-56(7,8)9)51(74)57-22-23-67(11)36-15-12-34(13-16-36)49-59-38-18-14-35(28-41(38)61-49)50-60-39-19-17-37(29-42(39)62-50)68-26-24-66(10)25-27-68/h12-19,28-29,32,40,43-44,48,60,62H,20-27,30-31H2,1-11H3,(H,57,74)(H,58,69)(H,63,76)(H,64,77)(H,65,75)(H,70,71). The molecule has 23 nitrogen and oxygen atoms in total. The van der Waals surface area contributed by atoms with E-state index in [2.05, 4.69) is 72.3 Å². The summed E-state index contributed by atoms with van der Waals surface area (Å²) >= 11 is 0. The Balaban J connectivity index is 1.08. The molecule has 3 aromatic carbocycles. The van der Waals surface area contributed by atoms with Gasteiger partial charge in [-0.1, -0.05) is 13.8 Å². The van der Waals surface area contributed by atoms with Crippen LogP contribution in [0, 0.1) is 5.92 Å². The molecule has 1 fully saturated rings. The molecule has 0 spiro atoms. The maximum atomic E-state index is 14.1. The van der Waals surface area contributed by atoms with E-state index in [0.29, 0.717) is 12.4 Å². The molecule has 3 aliphatic heterocycles. The smallest absolute Gasteiger partial charge is 0.308 e. The summed E-state index contributed by atoms with van der Waals surface area (Å²) in [6, 6.07) is 14.2. The molecule has 0 bridgehead atoms. The van der Waals surface area contributed by atoms with E-state index in [1.807, 2.05) is 54.4 Å². The fraction of sp³-hybridized carbons (Fsp3) is 0.500. The molecule has 8 N–H and O–H groups in total. The van der Waals surface area contributed by atoms with Crippen molar-refractivity contribution in [3.05, 3.63) is 76.8 Å². The van der Waals surface area contributed by atoms with Gasteiger partial charge < -0.3 is 66.5 Å². The molecule has 6 rings (SSSR count). The van der Waals surface area contributed by atoms with Gasteiger partial charge in [0.2, 0.25) is 29.5 Å². The first-order chi connectivity index (χ1) is 37.1. The minimum atomic E-state index is -1.58. The maximum Gasteiger partial charge on any atom is 0.308 e.